The average molecular weight is 432 g/mol. The minimum atomic E-state index is -0.171. The molecular formula is C24H29N7O. The van der Waals surface area contributed by atoms with Crippen molar-refractivity contribution in [2.24, 2.45) is 5.73 Å². The second-order valence-electron chi connectivity index (χ2n) is 8.16. The quantitative estimate of drug-likeness (QED) is 0.617. The van der Waals surface area contributed by atoms with Gasteiger partial charge in [-0.25, -0.2) is 9.97 Å². The minimum Gasteiger partial charge on any atom is -0.365 e. The van der Waals surface area contributed by atoms with E-state index in [4.69, 9.17) is 5.73 Å². The lowest BCUT2D eigenvalue weighted by atomic mass is 10.1. The van der Waals surface area contributed by atoms with Gasteiger partial charge in [-0.1, -0.05) is 18.2 Å². The summed E-state index contributed by atoms with van der Waals surface area (Å²) in [6.07, 6.45) is 7.41. The van der Waals surface area contributed by atoms with Gasteiger partial charge in [0, 0.05) is 67.8 Å². The van der Waals surface area contributed by atoms with Crippen LogP contribution in [0.4, 0.5) is 11.6 Å². The predicted molar refractivity (Wildman–Crippen MR) is 126 cm³/mol. The molecular weight excluding hydrogens is 402 g/mol. The third-order valence-electron chi connectivity index (χ3n) is 5.81. The maximum atomic E-state index is 11.4. The SMILES string of the molecule is C[C@@H]1CN(c2ncc(-c3cccc(CNC(=O)CN)c3)cn2)[C@@H](C)CN1c1ccncc1. The van der Waals surface area contributed by atoms with Crippen LogP contribution >= 0.6 is 0 Å². The number of nitrogens with one attached hydrogen (secondary N) is 1. The van der Waals surface area contributed by atoms with Gasteiger partial charge in [-0.15, -0.1) is 0 Å². The number of hydrogen-bond donors (Lipinski definition) is 2. The molecule has 3 N–H and O–H groups in total. The Morgan fingerprint density at radius 1 is 1.03 bits per heavy atom. The van der Waals surface area contributed by atoms with Gasteiger partial charge in [0.2, 0.25) is 11.9 Å². The van der Waals surface area contributed by atoms with E-state index in [2.05, 4.69) is 56.0 Å². The number of amides is 1. The van der Waals surface area contributed by atoms with E-state index in [9.17, 15) is 4.79 Å². The molecule has 166 valence electrons. The summed E-state index contributed by atoms with van der Waals surface area (Å²) in [6.45, 7) is 6.61. The van der Waals surface area contributed by atoms with E-state index < -0.39 is 0 Å². The van der Waals surface area contributed by atoms with Gasteiger partial charge in [-0.05, 0) is 43.2 Å². The zero-order chi connectivity index (χ0) is 22.5. The van der Waals surface area contributed by atoms with E-state index >= 15 is 0 Å². The standard InChI is InChI=1S/C24H29N7O/c1-17-16-31(18(2)15-30(17)22-6-8-26-9-7-22)24-28-13-21(14-29-24)20-5-3-4-19(10-20)12-27-23(32)11-25/h3-10,13-14,17-18H,11-12,15-16,25H2,1-2H3,(H,27,32)/t17-,18+/m1/s1. The molecule has 8 heteroatoms. The molecule has 1 aliphatic rings. The van der Waals surface area contributed by atoms with Crippen LogP contribution in [0, 0.1) is 0 Å². The van der Waals surface area contributed by atoms with Crippen LogP contribution in [0.25, 0.3) is 11.1 Å². The fourth-order valence-corrected chi connectivity index (χ4v) is 4.05. The van der Waals surface area contributed by atoms with Crippen molar-refractivity contribution in [3.05, 3.63) is 66.7 Å². The van der Waals surface area contributed by atoms with Crippen molar-refractivity contribution < 1.29 is 4.79 Å². The van der Waals surface area contributed by atoms with Crippen molar-refractivity contribution in [3.63, 3.8) is 0 Å². The minimum absolute atomic E-state index is 0.0111. The third kappa shape index (κ3) is 4.86. The number of hydrogen-bond acceptors (Lipinski definition) is 7. The number of carbonyl (C=O) groups is 1. The summed E-state index contributed by atoms with van der Waals surface area (Å²) in [5, 5.41) is 2.79. The molecule has 1 amide bonds. The molecule has 0 saturated carbocycles. The molecule has 2 atom stereocenters. The van der Waals surface area contributed by atoms with Gasteiger partial charge < -0.3 is 20.9 Å². The topological polar surface area (TPSA) is 100 Å². The Kier molecular flexibility index (Phi) is 6.61. The van der Waals surface area contributed by atoms with Crippen molar-refractivity contribution in [3.8, 4) is 11.1 Å². The number of nitrogens with zero attached hydrogens (tertiary/aromatic N) is 5. The van der Waals surface area contributed by atoms with Crippen LogP contribution in [0.15, 0.2) is 61.2 Å². The summed E-state index contributed by atoms with van der Waals surface area (Å²) < 4.78 is 0. The largest absolute Gasteiger partial charge is 0.365 e. The van der Waals surface area contributed by atoms with Crippen LogP contribution in [0.1, 0.15) is 19.4 Å². The lowest BCUT2D eigenvalue weighted by molar-refractivity contribution is -0.119. The van der Waals surface area contributed by atoms with Crippen molar-refractivity contribution in [2.45, 2.75) is 32.5 Å². The number of nitrogens with two attached hydrogens (primary N) is 1. The van der Waals surface area contributed by atoms with Crippen LogP contribution in [-0.4, -0.2) is 52.6 Å². The molecule has 8 nitrogen and oxygen atoms in total. The number of benzene rings is 1. The first kappa shape index (κ1) is 21.7. The van der Waals surface area contributed by atoms with Gasteiger partial charge in [0.05, 0.1) is 6.54 Å². The first-order valence-corrected chi connectivity index (χ1v) is 10.9. The highest BCUT2D eigenvalue weighted by Crippen LogP contribution is 2.26. The Morgan fingerprint density at radius 2 is 1.72 bits per heavy atom. The molecule has 32 heavy (non-hydrogen) atoms. The highest BCUT2D eigenvalue weighted by atomic mass is 16.1. The summed E-state index contributed by atoms with van der Waals surface area (Å²) >= 11 is 0. The summed E-state index contributed by atoms with van der Waals surface area (Å²) in [5.74, 6) is 0.573. The number of pyridine rings is 1. The molecule has 1 aliphatic heterocycles. The van der Waals surface area contributed by atoms with Crippen molar-refractivity contribution in [1.82, 2.24) is 20.3 Å². The smallest absolute Gasteiger partial charge is 0.234 e. The van der Waals surface area contributed by atoms with E-state index in [1.54, 1.807) is 0 Å². The molecule has 0 spiro atoms. The number of carbonyl (C=O) groups excluding carboxylic acids is 1. The molecule has 0 radical (unpaired) electrons. The molecule has 3 heterocycles. The average Bonchev–Trinajstić information content (AvgIpc) is 2.84. The molecule has 0 unspecified atom stereocenters. The summed E-state index contributed by atoms with van der Waals surface area (Å²) in [5.41, 5.74) is 9.50. The molecule has 2 aromatic heterocycles. The zero-order valence-corrected chi connectivity index (χ0v) is 18.5. The number of piperazine rings is 1. The first-order chi connectivity index (χ1) is 15.5. The second-order valence-corrected chi connectivity index (χ2v) is 8.16. The fraction of sp³-hybridized carbons (Fsp3) is 0.333. The highest BCUT2D eigenvalue weighted by Gasteiger charge is 2.30. The summed E-state index contributed by atoms with van der Waals surface area (Å²) in [6, 6.07) is 12.7. The maximum Gasteiger partial charge on any atom is 0.234 e. The molecule has 3 aromatic rings. The van der Waals surface area contributed by atoms with E-state index in [0.29, 0.717) is 12.6 Å². The Labute approximate surface area is 188 Å². The van der Waals surface area contributed by atoms with Gasteiger partial charge in [-0.3, -0.25) is 9.78 Å². The molecule has 1 fully saturated rings. The van der Waals surface area contributed by atoms with Crippen molar-refractivity contribution >= 4 is 17.5 Å². The normalized spacial score (nSPS) is 18.5. The van der Waals surface area contributed by atoms with Crippen LogP contribution < -0.4 is 20.9 Å². The maximum absolute atomic E-state index is 11.4. The van der Waals surface area contributed by atoms with Gasteiger partial charge in [-0.2, -0.15) is 0 Å². The summed E-state index contributed by atoms with van der Waals surface area (Å²) in [7, 11) is 0. The van der Waals surface area contributed by atoms with E-state index in [1.807, 2.05) is 49.1 Å². The Bertz CT molecular complexity index is 1040. The lowest BCUT2D eigenvalue weighted by Gasteiger charge is -2.45. The highest BCUT2D eigenvalue weighted by molar-refractivity contribution is 5.77. The fourth-order valence-electron chi connectivity index (χ4n) is 4.05. The van der Waals surface area contributed by atoms with Crippen LogP contribution in [-0.2, 0) is 11.3 Å². The Hall–Kier alpha value is -3.52. The second kappa shape index (κ2) is 9.74. The van der Waals surface area contributed by atoms with Crippen molar-refractivity contribution in [1.29, 1.82) is 0 Å². The van der Waals surface area contributed by atoms with E-state index in [1.165, 1.54) is 5.69 Å². The molecule has 1 aromatic carbocycles. The summed E-state index contributed by atoms with van der Waals surface area (Å²) in [4.78, 5) is 29.6. The third-order valence-corrected chi connectivity index (χ3v) is 5.81. The monoisotopic (exact) mass is 431 g/mol. The molecule has 1 saturated heterocycles. The van der Waals surface area contributed by atoms with E-state index in [0.717, 1.165) is 35.7 Å². The number of aromatic nitrogens is 3. The molecule has 0 bridgehead atoms. The molecule has 0 aliphatic carbocycles. The van der Waals surface area contributed by atoms with Gasteiger partial charge in [0.1, 0.15) is 0 Å². The zero-order valence-electron chi connectivity index (χ0n) is 18.5. The predicted octanol–water partition coefficient (Wildman–Crippen LogP) is 2.22. The Morgan fingerprint density at radius 3 is 2.44 bits per heavy atom. The van der Waals surface area contributed by atoms with Crippen LogP contribution in [0.3, 0.4) is 0 Å². The van der Waals surface area contributed by atoms with Crippen molar-refractivity contribution in [2.75, 3.05) is 29.4 Å². The Balaban J connectivity index is 1.45. The number of rotatable bonds is 6. The van der Waals surface area contributed by atoms with Gasteiger partial charge in [0.15, 0.2) is 0 Å². The van der Waals surface area contributed by atoms with Crippen LogP contribution in [0.2, 0.25) is 0 Å². The van der Waals surface area contributed by atoms with Gasteiger partial charge >= 0.3 is 0 Å². The first-order valence-electron chi connectivity index (χ1n) is 10.9. The van der Waals surface area contributed by atoms with Crippen LogP contribution in [0.5, 0.6) is 0 Å². The molecule has 4 rings (SSSR count). The number of anilines is 2. The lowest BCUT2D eigenvalue weighted by Crippen LogP contribution is -2.57. The van der Waals surface area contributed by atoms with Gasteiger partial charge in [0.25, 0.3) is 0 Å². The van der Waals surface area contributed by atoms with E-state index in [-0.39, 0.29) is 18.5 Å².